The Balaban J connectivity index is 1.56. The molecule has 0 N–H and O–H groups in total. The van der Waals surface area contributed by atoms with Gasteiger partial charge in [-0.2, -0.15) is 0 Å². The summed E-state index contributed by atoms with van der Waals surface area (Å²) < 4.78 is 16.3. The van der Waals surface area contributed by atoms with Crippen molar-refractivity contribution in [3.8, 4) is 17.1 Å². The van der Waals surface area contributed by atoms with Crippen LogP contribution in [0.15, 0.2) is 59.8 Å². The first-order chi connectivity index (χ1) is 15.0. The molecule has 0 aliphatic carbocycles. The molecule has 1 aliphatic rings. The minimum Gasteiger partial charge on any atom is -0.342 e. The van der Waals surface area contributed by atoms with Gasteiger partial charge in [0.2, 0.25) is 5.91 Å². The van der Waals surface area contributed by atoms with E-state index in [-0.39, 0.29) is 23.5 Å². The van der Waals surface area contributed by atoms with Gasteiger partial charge < -0.3 is 9.80 Å². The summed E-state index contributed by atoms with van der Waals surface area (Å²) in [6.07, 6.45) is 1.97. The van der Waals surface area contributed by atoms with Gasteiger partial charge in [0.05, 0.1) is 11.3 Å². The summed E-state index contributed by atoms with van der Waals surface area (Å²) in [5, 5.41) is 9.13. The van der Waals surface area contributed by atoms with Gasteiger partial charge in [0.25, 0.3) is 0 Å². The molecule has 1 aromatic heterocycles. The molecule has 1 amide bonds. The first kappa shape index (κ1) is 21.5. The normalized spacial score (nSPS) is 15.2. The molecule has 162 valence electrons. The fourth-order valence-electron chi connectivity index (χ4n) is 3.80. The van der Waals surface area contributed by atoms with Crippen LogP contribution >= 0.6 is 11.8 Å². The number of halogens is 1. The van der Waals surface area contributed by atoms with E-state index in [1.807, 2.05) is 46.8 Å². The van der Waals surface area contributed by atoms with Crippen LogP contribution in [0.5, 0.6) is 0 Å². The van der Waals surface area contributed by atoms with Gasteiger partial charge in [-0.25, -0.2) is 4.39 Å². The van der Waals surface area contributed by atoms with E-state index in [1.54, 1.807) is 18.2 Å². The third-order valence-electron chi connectivity index (χ3n) is 5.72. The smallest absolute Gasteiger partial charge is 0.233 e. The van der Waals surface area contributed by atoms with E-state index in [0.29, 0.717) is 16.5 Å². The third-order valence-corrected chi connectivity index (χ3v) is 6.63. The molecule has 3 aromatic rings. The van der Waals surface area contributed by atoms with Gasteiger partial charge in [0.15, 0.2) is 11.0 Å². The Bertz CT molecular complexity index is 1030. The monoisotopic (exact) mass is 439 g/mol. The van der Waals surface area contributed by atoms with E-state index in [2.05, 4.69) is 22.1 Å². The third kappa shape index (κ3) is 4.80. The summed E-state index contributed by atoms with van der Waals surface area (Å²) in [6, 6.07) is 16.4. The topological polar surface area (TPSA) is 54.3 Å². The molecule has 2 aromatic carbocycles. The highest BCUT2D eigenvalue weighted by Gasteiger charge is 2.25. The van der Waals surface area contributed by atoms with Crippen molar-refractivity contribution in [2.24, 2.45) is 0 Å². The Hall–Kier alpha value is -2.71. The predicted molar refractivity (Wildman–Crippen MR) is 121 cm³/mol. The van der Waals surface area contributed by atoms with Crippen molar-refractivity contribution in [3.63, 3.8) is 0 Å². The molecule has 0 bridgehead atoms. The summed E-state index contributed by atoms with van der Waals surface area (Å²) in [6.45, 7) is 2.01. The molecule has 4 rings (SSSR count). The van der Waals surface area contributed by atoms with Crippen molar-refractivity contribution in [3.05, 3.63) is 60.4 Å². The van der Waals surface area contributed by atoms with E-state index in [0.717, 1.165) is 31.6 Å². The molecular weight excluding hydrogens is 413 g/mol. The van der Waals surface area contributed by atoms with Crippen LogP contribution in [0.25, 0.3) is 17.1 Å². The highest BCUT2D eigenvalue weighted by molar-refractivity contribution is 7.99. The van der Waals surface area contributed by atoms with Gasteiger partial charge in [-0.1, -0.05) is 42.1 Å². The van der Waals surface area contributed by atoms with Crippen LogP contribution < -0.4 is 0 Å². The lowest BCUT2D eigenvalue weighted by molar-refractivity contribution is -0.129. The van der Waals surface area contributed by atoms with E-state index >= 15 is 0 Å². The second kappa shape index (κ2) is 9.62. The molecule has 0 unspecified atom stereocenters. The van der Waals surface area contributed by atoms with E-state index in [9.17, 15) is 9.18 Å². The van der Waals surface area contributed by atoms with Crippen molar-refractivity contribution in [2.75, 3.05) is 32.9 Å². The number of carbonyl (C=O) groups is 1. The molecule has 31 heavy (non-hydrogen) atoms. The number of rotatable bonds is 6. The van der Waals surface area contributed by atoms with Gasteiger partial charge in [-0.05, 0) is 57.2 Å². The highest BCUT2D eigenvalue weighted by atomic mass is 32.2. The van der Waals surface area contributed by atoms with Gasteiger partial charge >= 0.3 is 0 Å². The Morgan fingerprint density at radius 1 is 1.10 bits per heavy atom. The molecule has 1 fully saturated rings. The van der Waals surface area contributed by atoms with E-state index < -0.39 is 0 Å². The summed E-state index contributed by atoms with van der Waals surface area (Å²) in [7, 11) is 3.99. The second-order valence-electron chi connectivity index (χ2n) is 7.78. The minimum absolute atomic E-state index is 0.0645. The summed E-state index contributed by atoms with van der Waals surface area (Å²) >= 11 is 1.33. The zero-order valence-electron chi connectivity index (χ0n) is 17.7. The number of aromatic nitrogens is 3. The van der Waals surface area contributed by atoms with Crippen molar-refractivity contribution >= 4 is 17.7 Å². The van der Waals surface area contributed by atoms with Gasteiger partial charge in [0, 0.05) is 18.8 Å². The molecule has 1 aliphatic heterocycles. The first-order valence-electron chi connectivity index (χ1n) is 10.4. The standard InChI is InChI=1S/C23H26FN5OS/c1-27-14-12-17(13-15-27)28(2)21(30)16-31-23-26-25-22(19-10-6-7-11-20(19)24)29(23)18-8-4-3-5-9-18/h3-11,17H,12-16H2,1-2H3. The van der Waals surface area contributed by atoms with Crippen LogP contribution in [-0.4, -0.2) is 69.5 Å². The van der Waals surface area contributed by atoms with Crippen LogP contribution in [0.2, 0.25) is 0 Å². The second-order valence-corrected chi connectivity index (χ2v) is 8.73. The maximum Gasteiger partial charge on any atom is 0.233 e. The number of benzene rings is 2. The molecule has 2 heterocycles. The molecule has 6 nitrogen and oxygen atoms in total. The highest BCUT2D eigenvalue weighted by Crippen LogP contribution is 2.29. The Labute approximate surface area is 186 Å². The number of likely N-dealkylation sites (tertiary alicyclic amines) is 1. The SMILES string of the molecule is CN1CCC(N(C)C(=O)CSc2nnc(-c3ccccc3F)n2-c2ccccc2)CC1. The Morgan fingerprint density at radius 2 is 1.77 bits per heavy atom. The fourth-order valence-corrected chi connectivity index (χ4v) is 4.68. The maximum atomic E-state index is 14.5. The van der Waals surface area contributed by atoms with Crippen LogP contribution in [0.1, 0.15) is 12.8 Å². The lowest BCUT2D eigenvalue weighted by atomic mass is 10.0. The Morgan fingerprint density at radius 3 is 2.48 bits per heavy atom. The number of hydrogen-bond acceptors (Lipinski definition) is 5. The number of nitrogens with zero attached hydrogens (tertiary/aromatic N) is 5. The number of thioether (sulfide) groups is 1. The number of para-hydroxylation sites is 1. The number of piperidine rings is 1. The summed E-state index contributed by atoms with van der Waals surface area (Å²) in [5.74, 6) is 0.379. The molecule has 1 saturated heterocycles. The van der Waals surface area contributed by atoms with Gasteiger partial charge in [-0.15, -0.1) is 10.2 Å². The van der Waals surface area contributed by atoms with Gasteiger partial charge in [0.1, 0.15) is 5.82 Å². The lowest BCUT2D eigenvalue weighted by Gasteiger charge is -2.35. The molecule has 0 radical (unpaired) electrons. The Kier molecular flexibility index (Phi) is 6.67. The maximum absolute atomic E-state index is 14.5. The predicted octanol–water partition coefficient (Wildman–Crippen LogP) is 3.72. The van der Waals surface area contributed by atoms with Crippen molar-refractivity contribution in [1.29, 1.82) is 0 Å². The average Bonchev–Trinajstić information content (AvgIpc) is 3.22. The minimum atomic E-state index is -0.360. The molecular formula is C23H26FN5OS. The summed E-state index contributed by atoms with van der Waals surface area (Å²) in [5.41, 5.74) is 1.20. The van der Waals surface area contributed by atoms with Crippen LogP contribution in [0.4, 0.5) is 4.39 Å². The number of carbonyl (C=O) groups excluding carboxylic acids is 1. The number of hydrogen-bond donors (Lipinski definition) is 0. The van der Waals surface area contributed by atoms with Crippen molar-refractivity contribution in [2.45, 2.75) is 24.0 Å². The van der Waals surface area contributed by atoms with Crippen molar-refractivity contribution in [1.82, 2.24) is 24.6 Å². The molecule has 0 spiro atoms. The van der Waals surface area contributed by atoms with Crippen LogP contribution in [0.3, 0.4) is 0 Å². The van der Waals surface area contributed by atoms with Crippen LogP contribution in [0, 0.1) is 5.82 Å². The largest absolute Gasteiger partial charge is 0.342 e. The first-order valence-corrected chi connectivity index (χ1v) is 11.4. The summed E-state index contributed by atoms with van der Waals surface area (Å²) in [4.78, 5) is 17.0. The average molecular weight is 440 g/mol. The molecule has 0 atom stereocenters. The fraction of sp³-hybridized carbons (Fsp3) is 0.348. The van der Waals surface area contributed by atoms with Crippen molar-refractivity contribution < 1.29 is 9.18 Å². The van der Waals surface area contributed by atoms with E-state index in [4.69, 9.17) is 0 Å². The zero-order chi connectivity index (χ0) is 21.8. The number of amides is 1. The zero-order valence-corrected chi connectivity index (χ0v) is 18.6. The molecule has 8 heteroatoms. The quantitative estimate of drug-likeness (QED) is 0.548. The lowest BCUT2D eigenvalue weighted by Crippen LogP contribution is -2.45. The van der Waals surface area contributed by atoms with E-state index in [1.165, 1.54) is 17.8 Å². The van der Waals surface area contributed by atoms with Gasteiger partial charge in [-0.3, -0.25) is 9.36 Å². The van der Waals surface area contributed by atoms with Crippen LogP contribution in [-0.2, 0) is 4.79 Å². The molecule has 0 saturated carbocycles.